The van der Waals surface area contributed by atoms with Crippen LogP contribution in [0.3, 0.4) is 0 Å². The summed E-state index contributed by atoms with van der Waals surface area (Å²) in [5.74, 6) is 0.327. The molecule has 0 aliphatic heterocycles. The Bertz CT molecular complexity index is 397. The van der Waals surface area contributed by atoms with Crippen LogP contribution in [0.15, 0.2) is 24.3 Å². The minimum atomic E-state index is -0.274. The Kier molecular flexibility index (Phi) is 3.48. The topological polar surface area (TPSA) is 38.3 Å². The first-order chi connectivity index (χ1) is 8.11. The van der Waals surface area contributed by atoms with Crippen LogP contribution in [0.1, 0.15) is 42.1 Å². The van der Waals surface area contributed by atoms with Crippen molar-refractivity contribution >= 4 is 5.97 Å². The van der Waals surface area contributed by atoms with Crippen molar-refractivity contribution in [1.29, 1.82) is 0 Å². The van der Waals surface area contributed by atoms with Gasteiger partial charge in [0.15, 0.2) is 0 Å². The third-order valence-corrected chi connectivity index (χ3v) is 3.10. The zero-order valence-electron chi connectivity index (χ0n) is 10.6. The van der Waals surface area contributed by atoms with Crippen molar-refractivity contribution in [3.8, 4) is 0 Å². The molecule has 0 bridgehead atoms. The molecule has 1 aliphatic carbocycles. The first-order valence-corrected chi connectivity index (χ1v) is 6.06. The van der Waals surface area contributed by atoms with Crippen molar-refractivity contribution in [2.24, 2.45) is 0 Å². The Morgan fingerprint density at radius 3 is 2.53 bits per heavy atom. The molecule has 17 heavy (non-hydrogen) atoms. The number of ether oxygens (including phenoxy) is 1. The highest BCUT2D eigenvalue weighted by Crippen LogP contribution is 2.41. The van der Waals surface area contributed by atoms with Crippen molar-refractivity contribution in [1.82, 2.24) is 5.32 Å². The van der Waals surface area contributed by atoms with E-state index >= 15 is 0 Å². The van der Waals surface area contributed by atoms with Gasteiger partial charge in [0.2, 0.25) is 0 Å². The van der Waals surface area contributed by atoms with E-state index in [-0.39, 0.29) is 5.97 Å². The van der Waals surface area contributed by atoms with Crippen LogP contribution in [0, 0.1) is 0 Å². The van der Waals surface area contributed by atoms with Crippen molar-refractivity contribution in [3.63, 3.8) is 0 Å². The van der Waals surface area contributed by atoms with Crippen molar-refractivity contribution in [3.05, 3.63) is 35.4 Å². The lowest BCUT2D eigenvalue weighted by Crippen LogP contribution is -2.25. The highest BCUT2D eigenvalue weighted by Gasteiger charge is 2.38. The van der Waals surface area contributed by atoms with Crippen LogP contribution >= 0.6 is 0 Å². The summed E-state index contributed by atoms with van der Waals surface area (Å²) in [4.78, 5) is 11.3. The van der Waals surface area contributed by atoms with Gasteiger partial charge >= 0.3 is 5.97 Å². The van der Waals surface area contributed by atoms with E-state index in [2.05, 4.69) is 23.9 Å². The molecule has 0 radical (unpaired) electrons. The summed E-state index contributed by atoms with van der Waals surface area (Å²) in [5.41, 5.74) is 1.92. The molecule has 1 N–H and O–H groups in total. The van der Waals surface area contributed by atoms with E-state index in [1.165, 1.54) is 19.1 Å². The van der Waals surface area contributed by atoms with Crippen LogP contribution in [0.25, 0.3) is 0 Å². The quantitative estimate of drug-likeness (QED) is 0.811. The molecule has 0 heterocycles. The van der Waals surface area contributed by atoms with Gasteiger partial charge in [-0.25, -0.2) is 4.79 Å². The normalized spacial score (nSPS) is 22.6. The predicted molar refractivity (Wildman–Crippen MR) is 67.2 cm³/mol. The van der Waals surface area contributed by atoms with Gasteiger partial charge in [-0.2, -0.15) is 0 Å². The average Bonchev–Trinajstić information content (AvgIpc) is 3.06. The highest BCUT2D eigenvalue weighted by molar-refractivity contribution is 5.89. The number of nitrogens with one attached hydrogen (secondary N) is 1. The summed E-state index contributed by atoms with van der Waals surface area (Å²) in [6, 6.07) is 8.86. The number of esters is 1. The van der Waals surface area contributed by atoms with E-state index in [4.69, 9.17) is 0 Å². The number of hydrogen-bond acceptors (Lipinski definition) is 3. The number of carbonyl (C=O) groups excluding carboxylic acids is 1. The SMILES string of the molecule is COC(=O)c1ccc(C2C[C@@H]2NC(C)C)cc1. The Balaban J connectivity index is 1.98. The third-order valence-electron chi connectivity index (χ3n) is 3.10. The fourth-order valence-corrected chi connectivity index (χ4v) is 2.16. The van der Waals surface area contributed by atoms with Crippen LogP contribution in [0.2, 0.25) is 0 Å². The molecule has 1 aromatic rings. The molecule has 1 saturated carbocycles. The van der Waals surface area contributed by atoms with Crippen molar-refractivity contribution in [2.45, 2.75) is 38.3 Å². The first kappa shape index (κ1) is 12.1. The molecule has 1 unspecified atom stereocenters. The number of rotatable bonds is 4. The van der Waals surface area contributed by atoms with Gasteiger partial charge in [-0.05, 0) is 24.1 Å². The summed E-state index contributed by atoms with van der Waals surface area (Å²) in [7, 11) is 1.40. The van der Waals surface area contributed by atoms with Gasteiger partial charge in [-0.3, -0.25) is 0 Å². The second-order valence-electron chi connectivity index (χ2n) is 4.88. The average molecular weight is 233 g/mol. The Morgan fingerprint density at radius 1 is 1.35 bits per heavy atom. The van der Waals surface area contributed by atoms with Crippen LogP contribution in [-0.2, 0) is 4.74 Å². The van der Waals surface area contributed by atoms with Crippen molar-refractivity contribution in [2.75, 3.05) is 7.11 Å². The zero-order chi connectivity index (χ0) is 12.4. The van der Waals surface area contributed by atoms with Gasteiger partial charge in [0, 0.05) is 18.0 Å². The number of methoxy groups -OCH3 is 1. The molecular weight excluding hydrogens is 214 g/mol. The molecule has 0 saturated heterocycles. The van der Waals surface area contributed by atoms with Crippen LogP contribution in [0.5, 0.6) is 0 Å². The fraction of sp³-hybridized carbons (Fsp3) is 0.500. The Labute approximate surface area is 102 Å². The largest absolute Gasteiger partial charge is 0.465 e. The third kappa shape index (κ3) is 2.86. The molecule has 0 aromatic heterocycles. The molecule has 2 atom stereocenters. The van der Waals surface area contributed by atoms with Gasteiger partial charge in [0.1, 0.15) is 0 Å². The van der Waals surface area contributed by atoms with E-state index < -0.39 is 0 Å². The standard InChI is InChI=1S/C14H19NO2/c1-9(2)15-13-8-12(13)10-4-6-11(7-5-10)14(16)17-3/h4-7,9,12-13,15H,8H2,1-3H3/t12?,13-/m0/s1. The monoisotopic (exact) mass is 233 g/mol. The maximum atomic E-state index is 11.3. The van der Waals surface area contributed by atoms with Gasteiger partial charge in [-0.1, -0.05) is 26.0 Å². The van der Waals surface area contributed by atoms with E-state index in [1.54, 1.807) is 0 Å². The predicted octanol–water partition coefficient (Wildman–Crippen LogP) is 2.33. The molecular formula is C14H19NO2. The van der Waals surface area contributed by atoms with E-state index in [0.717, 1.165) is 0 Å². The summed E-state index contributed by atoms with van der Waals surface area (Å²) in [5, 5.41) is 3.52. The van der Waals surface area contributed by atoms with E-state index in [0.29, 0.717) is 23.6 Å². The van der Waals surface area contributed by atoms with Crippen molar-refractivity contribution < 1.29 is 9.53 Å². The fourth-order valence-electron chi connectivity index (χ4n) is 2.16. The highest BCUT2D eigenvalue weighted by atomic mass is 16.5. The van der Waals surface area contributed by atoms with Gasteiger partial charge in [0.05, 0.1) is 12.7 Å². The molecule has 3 nitrogen and oxygen atoms in total. The minimum absolute atomic E-state index is 0.274. The maximum Gasteiger partial charge on any atom is 0.337 e. The first-order valence-electron chi connectivity index (χ1n) is 6.06. The summed E-state index contributed by atoms with van der Waals surface area (Å²) >= 11 is 0. The zero-order valence-corrected chi connectivity index (χ0v) is 10.6. The molecule has 1 aromatic carbocycles. The van der Waals surface area contributed by atoms with Gasteiger partial charge in [0.25, 0.3) is 0 Å². The molecule has 92 valence electrons. The number of benzene rings is 1. The smallest absolute Gasteiger partial charge is 0.337 e. The molecule has 2 rings (SSSR count). The number of carbonyl (C=O) groups is 1. The molecule has 0 amide bonds. The van der Waals surface area contributed by atoms with Gasteiger partial charge < -0.3 is 10.1 Å². The minimum Gasteiger partial charge on any atom is -0.465 e. The molecule has 0 spiro atoms. The lowest BCUT2D eigenvalue weighted by molar-refractivity contribution is 0.0600. The van der Waals surface area contributed by atoms with E-state index in [1.807, 2.05) is 24.3 Å². The number of hydrogen-bond donors (Lipinski definition) is 1. The second-order valence-corrected chi connectivity index (χ2v) is 4.88. The summed E-state index contributed by atoms with van der Waals surface area (Å²) in [6.07, 6.45) is 1.19. The Hall–Kier alpha value is -1.35. The second kappa shape index (κ2) is 4.88. The van der Waals surface area contributed by atoms with Gasteiger partial charge in [-0.15, -0.1) is 0 Å². The van der Waals surface area contributed by atoms with E-state index in [9.17, 15) is 4.79 Å². The summed E-state index contributed by atoms with van der Waals surface area (Å²) < 4.78 is 4.67. The van der Waals surface area contributed by atoms with Crippen LogP contribution < -0.4 is 5.32 Å². The summed E-state index contributed by atoms with van der Waals surface area (Å²) in [6.45, 7) is 4.32. The molecule has 1 fully saturated rings. The lowest BCUT2D eigenvalue weighted by Gasteiger charge is -2.07. The van der Waals surface area contributed by atoms with Crippen LogP contribution in [-0.4, -0.2) is 25.2 Å². The Morgan fingerprint density at radius 2 is 2.00 bits per heavy atom. The maximum absolute atomic E-state index is 11.3. The molecule has 1 aliphatic rings. The molecule has 3 heteroatoms. The lowest BCUT2D eigenvalue weighted by atomic mass is 10.1. The van der Waals surface area contributed by atoms with Crippen LogP contribution in [0.4, 0.5) is 0 Å².